The van der Waals surface area contributed by atoms with Crippen molar-refractivity contribution in [2.24, 2.45) is 0 Å². The first-order valence-corrected chi connectivity index (χ1v) is 5.09. The first-order valence-electron chi connectivity index (χ1n) is 5.09. The highest BCUT2D eigenvalue weighted by Crippen LogP contribution is 2.28. The lowest BCUT2D eigenvalue weighted by Crippen LogP contribution is -2.27. The molecular weight excluding hydrogens is 208 g/mol. The van der Waals surface area contributed by atoms with Crippen molar-refractivity contribution in [1.82, 2.24) is 0 Å². The van der Waals surface area contributed by atoms with Crippen LogP contribution in [0, 0.1) is 0 Å². The van der Waals surface area contributed by atoms with E-state index in [1.54, 1.807) is 32.0 Å². The van der Waals surface area contributed by atoms with Crippen LogP contribution in [0.5, 0.6) is 11.5 Å². The van der Waals surface area contributed by atoms with Crippen LogP contribution < -0.4 is 9.47 Å². The van der Waals surface area contributed by atoms with E-state index >= 15 is 0 Å². The van der Waals surface area contributed by atoms with Gasteiger partial charge in [0.2, 0.25) is 0 Å². The molecule has 90 valence electrons. The number of methoxy groups -OCH3 is 1. The average molecular weight is 226 g/mol. The second kappa shape index (κ2) is 5.18. The SMILES string of the molecule is COc1cc(CO)ccc1OCC(C)(C)O. The van der Waals surface area contributed by atoms with Crippen LogP contribution >= 0.6 is 0 Å². The Bertz CT molecular complexity index is 341. The maximum absolute atomic E-state index is 9.54. The summed E-state index contributed by atoms with van der Waals surface area (Å²) >= 11 is 0. The molecule has 0 aliphatic rings. The molecule has 0 aliphatic heterocycles. The van der Waals surface area contributed by atoms with Crippen molar-refractivity contribution < 1.29 is 19.7 Å². The minimum atomic E-state index is -0.888. The monoisotopic (exact) mass is 226 g/mol. The highest BCUT2D eigenvalue weighted by atomic mass is 16.5. The minimum absolute atomic E-state index is 0.0396. The van der Waals surface area contributed by atoms with Gasteiger partial charge in [-0.1, -0.05) is 6.07 Å². The van der Waals surface area contributed by atoms with Crippen LogP contribution in [0.1, 0.15) is 19.4 Å². The summed E-state index contributed by atoms with van der Waals surface area (Å²) < 4.78 is 10.6. The van der Waals surface area contributed by atoms with Gasteiger partial charge in [-0.2, -0.15) is 0 Å². The van der Waals surface area contributed by atoms with Crippen LogP contribution in [0.2, 0.25) is 0 Å². The Balaban J connectivity index is 2.79. The van der Waals surface area contributed by atoms with Crippen LogP contribution in [0.25, 0.3) is 0 Å². The van der Waals surface area contributed by atoms with Gasteiger partial charge in [0.15, 0.2) is 11.5 Å². The summed E-state index contributed by atoms with van der Waals surface area (Å²) in [5, 5.41) is 18.5. The molecule has 0 fully saturated rings. The molecule has 0 saturated carbocycles. The molecule has 4 nitrogen and oxygen atoms in total. The number of hydrogen-bond donors (Lipinski definition) is 2. The molecule has 0 amide bonds. The van der Waals surface area contributed by atoms with E-state index in [1.165, 1.54) is 7.11 Å². The molecule has 0 unspecified atom stereocenters. The van der Waals surface area contributed by atoms with Crippen molar-refractivity contribution in [3.8, 4) is 11.5 Å². The molecule has 0 aliphatic carbocycles. The quantitative estimate of drug-likeness (QED) is 0.795. The van der Waals surface area contributed by atoms with Gasteiger partial charge in [0.05, 0.1) is 19.3 Å². The Kier molecular flexibility index (Phi) is 4.15. The Hall–Kier alpha value is -1.26. The van der Waals surface area contributed by atoms with Crippen molar-refractivity contribution in [2.75, 3.05) is 13.7 Å². The lowest BCUT2D eigenvalue weighted by Gasteiger charge is -2.19. The van der Waals surface area contributed by atoms with E-state index in [0.29, 0.717) is 11.5 Å². The number of aliphatic hydroxyl groups is 2. The third-order valence-electron chi connectivity index (χ3n) is 1.99. The molecular formula is C12H18O4. The maximum Gasteiger partial charge on any atom is 0.161 e. The summed E-state index contributed by atoms with van der Waals surface area (Å²) in [5.41, 5.74) is -0.131. The number of hydrogen-bond acceptors (Lipinski definition) is 4. The summed E-state index contributed by atoms with van der Waals surface area (Å²) in [6.45, 7) is 3.48. The zero-order chi connectivity index (χ0) is 12.2. The van der Waals surface area contributed by atoms with Crippen LogP contribution in [0.3, 0.4) is 0 Å². The number of rotatable bonds is 5. The van der Waals surface area contributed by atoms with Gasteiger partial charge in [-0.05, 0) is 31.5 Å². The highest BCUT2D eigenvalue weighted by molar-refractivity contribution is 5.42. The van der Waals surface area contributed by atoms with Crippen molar-refractivity contribution >= 4 is 0 Å². The predicted molar refractivity (Wildman–Crippen MR) is 60.7 cm³/mol. The zero-order valence-corrected chi connectivity index (χ0v) is 9.86. The van der Waals surface area contributed by atoms with Gasteiger partial charge in [0.25, 0.3) is 0 Å². The molecule has 1 aromatic rings. The summed E-state index contributed by atoms with van der Waals surface area (Å²) in [7, 11) is 1.54. The third kappa shape index (κ3) is 3.72. The second-order valence-electron chi connectivity index (χ2n) is 4.24. The summed E-state index contributed by atoms with van der Waals surface area (Å²) in [4.78, 5) is 0. The largest absolute Gasteiger partial charge is 0.493 e. The van der Waals surface area contributed by atoms with Crippen LogP contribution in [-0.2, 0) is 6.61 Å². The predicted octanol–water partition coefficient (Wildman–Crippen LogP) is 1.34. The fourth-order valence-corrected chi connectivity index (χ4v) is 1.18. The van der Waals surface area contributed by atoms with Crippen molar-refractivity contribution in [3.63, 3.8) is 0 Å². The summed E-state index contributed by atoms with van der Waals surface area (Å²) in [6, 6.07) is 5.18. The summed E-state index contributed by atoms with van der Waals surface area (Å²) in [6.07, 6.45) is 0. The molecule has 0 heterocycles. The van der Waals surface area contributed by atoms with Gasteiger partial charge in [-0.15, -0.1) is 0 Å². The van der Waals surface area contributed by atoms with Crippen molar-refractivity contribution in [2.45, 2.75) is 26.1 Å². The fourth-order valence-electron chi connectivity index (χ4n) is 1.18. The topological polar surface area (TPSA) is 58.9 Å². The van der Waals surface area contributed by atoms with Crippen molar-refractivity contribution in [3.05, 3.63) is 23.8 Å². The summed E-state index contributed by atoms with van der Waals surface area (Å²) in [5.74, 6) is 1.11. The van der Waals surface area contributed by atoms with Crippen LogP contribution in [0.15, 0.2) is 18.2 Å². The Morgan fingerprint density at radius 3 is 2.44 bits per heavy atom. The van der Waals surface area contributed by atoms with Crippen molar-refractivity contribution in [1.29, 1.82) is 0 Å². The highest BCUT2D eigenvalue weighted by Gasteiger charge is 2.15. The first kappa shape index (κ1) is 12.8. The van der Waals surface area contributed by atoms with Gasteiger partial charge >= 0.3 is 0 Å². The molecule has 0 saturated heterocycles. The van der Waals surface area contributed by atoms with Gasteiger partial charge in [0.1, 0.15) is 6.61 Å². The van der Waals surface area contributed by atoms with E-state index < -0.39 is 5.60 Å². The van der Waals surface area contributed by atoms with E-state index in [9.17, 15) is 5.11 Å². The van der Waals surface area contributed by atoms with Gasteiger partial charge in [0, 0.05) is 0 Å². The molecule has 4 heteroatoms. The fraction of sp³-hybridized carbons (Fsp3) is 0.500. The second-order valence-corrected chi connectivity index (χ2v) is 4.24. The molecule has 0 spiro atoms. The maximum atomic E-state index is 9.54. The van der Waals surface area contributed by atoms with Crippen LogP contribution in [-0.4, -0.2) is 29.5 Å². The van der Waals surface area contributed by atoms with Gasteiger partial charge < -0.3 is 19.7 Å². The zero-order valence-electron chi connectivity index (χ0n) is 9.86. The lowest BCUT2D eigenvalue weighted by molar-refractivity contribution is 0.0276. The van der Waals surface area contributed by atoms with E-state index in [4.69, 9.17) is 14.6 Å². The Labute approximate surface area is 95.4 Å². The molecule has 2 N–H and O–H groups in total. The third-order valence-corrected chi connectivity index (χ3v) is 1.99. The molecule has 1 aromatic carbocycles. The first-order chi connectivity index (χ1) is 7.46. The van der Waals surface area contributed by atoms with Crippen LogP contribution in [0.4, 0.5) is 0 Å². The van der Waals surface area contributed by atoms with E-state index in [1.807, 2.05) is 0 Å². The number of aliphatic hydroxyl groups excluding tert-OH is 1. The normalized spacial score (nSPS) is 11.3. The van der Waals surface area contributed by atoms with E-state index in [2.05, 4.69) is 0 Å². The Morgan fingerprint density at radius 1 is 1.25 bits per heavy atom. The number of benzene rings is 1. The average Bonchev–Trinajstić information content (AvgIpc) is 2.25. The lowest BCUT2D eigenvalue weighted by atomic mass is 10.1. The van der Waals surface area contributed by atoms with E-state index in [0.717, 1.165) is 5.56 Å². The van der Waals surface area contributed by atoms with Gasteiger partial charge in [-0.3, -0.25) is 0 Å². The molecule has 0 bridgehead atoms. The van der Waals surface area contributed by atoms with Gasteiger partial charge in [-0.25, -0.2) is 0 Å². The Morgan fingerprint density at radius 2 is 1.94 bits per heavy atom. The number of ether oxygens (including phenoxy) is 2. The minimum Gasteiger partial charge on any atom is -0.493 e. The molecule has 16 heavy (non-hydrogen) atoms. The molecule has 0 radical (unpaired) electrons. The standard InChI is InChI=1S/C12H18O4/c1-12(2,14)8-16-10-5-4-9(7-13)6-11(10)15-3/h4-6,13-14H,7-8H2,1-3H3. The van der Waals surface area contributed by atoms with E-state index in [-0.39, 0.29) is 13.2 Å². The smallest absolute Gasteiger partial charge is 0.161 e. The molecule has 0 aromatic heterocycles. The molecule has 0 atom stereocenters. The molecule has 1 rings (SSSR count).